The van der Waals surface area contributed by atoms with Crippen molar-refractivity contribution in [1.82, 2.24) is 24.6 Å². The minimum atomic E-state index is 0.0138. The fourth-order valence-electron chi connectivity index (χ4n) is 2.83. The van der Waals surface area contributed by atoms with Gasteiger partial charge in [-0.25, -0.2) is 0 Å². The number of benzene rings is 1. The molecule has 1 aliphatic heterocycles. The molecule has 0 saturated heterocycles. The Morgan fingerprint density at radius 2 is 2.24 bits per heavy atom. The molecule has 4 rings (SSSR count). The molecule has 6 heteroatoms. The van der Waals surface area contributed by atoms with Crippen LogP contribution in [0.3, 0.4) is 0 Å². The molecule has 0 fully saturated rings. The zero-order valence-electron chi connectivity index (χ0n) is 11.7. The molecule has 3 heterocycles. The van der Waals surface area contributed by atoms with Crippen molar-refractivity contribution >= 4 is 16.8 Å². The number of carbonyl (C=O) groups excluding carboxylic acids is 1. The molecule has 0 unspecified atom stereocenters. The Balaban J connectivity index is 1.66. The first kappa shape index (κ1) is 12.1. The van der Waals surface area contributed by atoms with Crippen LogP contribution in [0.15, 0.2) is 30.6 Å². The van der Waals surface area contributed by atoms with Gasteiger partial charge in [-0.3, -0.25) is 4.79 Å². The quantitative estimate of drug-likeness (QED) is 0.738. The van der Waals surface area contributed by atoms with E-state index in [-0.39, 0.29) is 5.91 Å². The zero-order chi connectivity index (χ0) is 14.4. The van der Waals surface area contributed by atoms with E-state index >= 15 is 0 Å². The number of hydrogen-bond acceptors (Lipinski definition) is 3. The Hall–Kier alpha value is -2.63. The lowest BCUT2D eigenvalue weighted by atomic mass is 10.2. The third kappa shape index (κ3) is 1.91. The number of rotatable bonds is 1. The molecular formula is C15H15N5O. The van der Waals surface area contributed by atoms with E-state index in [9.17, 15) is 4.79 Å². The first-order valence-corrected chi connectivity index (χ1v) is 6.96. The van der Waals surface area contributed by atoms with Gasteiger partial charge in [0.05, 0.1) is 6.54 Å². The second kappa shape index (κ2) is 4.44. The second-order valence-electron chi connectivity index (χ2n) is 5.39. The minimum Gasteiger partial charge on any atom is -0.350 e. The number of carbonyl (C=O) groups is 1. The molecule has 3 aromatic rings. The molecule has 106 valence electrons. The molecule has 0 aliphatic carbocycles. The highest BCUT2D eigenvalue weighted by atomic mass is 16.2. The van der Waals surface area contributed by atoms with E-state index in [2.05, 4.69) is 15.2 Å². The summed E-state index contributed by atoms with van der Waals surface area (Å²) in [7, 11) is 0. The van der Waals surface area contributed by atoms with Crippen LogP contribution in [0.1, 0.15) is 21.9 Å². The van der Waals surface area contributed by atoms with E-state index in [1.54, 1.807) is 6.33 Å². The topological polar surface area (TPSA) is 66.8 Å². The van der Waals surface area contributed by atoms with Gasteiger partial charge < -0.3 is 14.5 Å². The molecule has 21 heavy (non-hydrogen) atoms. The van der Waals surface area contributed by atoms with Gasteiger partial charge in [0.1, 0.15) is 12.0 Å². The van der Waals surface area contributed by atoms with Crippen molar-refractivity contribution in [2.24, 2.45) is 0 Å². The largest absolute Gasteiger partial charge is 0.350 e. The van der Waals surface area contributed by atoms with Crippen molar-refractivity contribution in [2.45, 2.75) is 20.0 Å². The third-order valence-electron chi connectivity index (χ3n) is 4.02. The van der Waals surface area contributed by atoms with Crippen LogP contribution in [0.25, 0.3) is 10.9 Å². The number of nitrogens with one attached hydrogen (secondary N) is 1. The van der Waals surface area contributed by atoms with Gasteiger partial charge >= 0.3 is 0 Å². The van der Waals surface area contributed by atoms with Gasteiger partial charge in [-0.2, -0.15) is 0 Å². The fourth-order valence-corrected chi connectivity index (χ4v) is 2.83. The number of amides is 1. The number of H-pyrrole nitrogens is 1. The highest BCUT2D eigenvalue weighted by molar-refractivity contribution is 5.98. The standard InChI is InChI=1S/C15H15N5O/c1-10-3-2-4-11-7-12(17-14(10)11)15(21)19-5-6-20-9-16-18-13(20)8-19/h2-4,7,9,17H,5-6,8H2,1H3. The molecule has 0 atom stereocenters. The van der Waals surface area contributed by atoms with E-state index in [0.29, 0.717) is 18.8 Å². The lowest BCUT2D eigenvalue weighted by Gasteiger charge is -2.26. The maximum Gasteiger partial charge on any atom is 0.270 e. The van der Waals surface area contributed by atoms with Crippen molar-refractivity contribution in [3.8, 4) is 0 Å². The maximum atomic E-state index is 12.6. The predicted octanol–water partition coefficient (Wildman–Crippen LogP) is 1.72. The van der Waals surface area contributed by atoms with Gasteiger partial charge in [0, 0.05) is 24.0 Å². The number of aromatic nitrogens is 4. The average Bonchev–Trinajstić information content (AvgIpc) is 3.12. The molecule has 1 N–H and O–H groups in total. The highest BCUT2D eigenvalue weighted by Gasteiger charge is 2.24. The van der Waals surface area contributed by atoms with Crippen molar-refractivity contribution in [1.29, 1.82) is 0 Å². The van der Waals surface area contributed by atoms with Crippen LogP contribution in [0.2, 0.25) is 0 Å². The summed E-state index contributed by atoms with van der Waals surface area (Å²) in [6.07, 6.45) is 1.71. The van der Waals surface area contributed by atoms with Gasteiger partial charge in [0.2, 0.25) is 0 Å². The van der Waals surface area contributed by atoms with E-state index in [1.807, 2.05) is 40.7 Å². The summed E-state index contributed by atoms with van der Waals surface area (Å²) in [5.74, 6) is 0.849. The Morgan fingerprint density at radius 1 is 1.33 bits per heavy atom. The van der Waals surface area contributed by atoms with Crippen molar-refractivity contribution in [3.63, 3.8) is 0 Å². The van der Waals surface area contributed by atoms with Gasteiger partial charge in [-0.15, -0.1) is 10.2 Å². The first-order chi connectivity index (χ1) is 10.2. The molecule has 1 aliphatic rings. The third-order valence-corrected chi connectivity index (χ3v) is 4.02. The van der Waals surface area contributed by atoms with E-state index in [4.69, 9.17) is 0 Å². The molecule has 0 saturated carbocycles. The van der Waals surface area contributed by atoms with Crippen LogP contribution in [0, 0.1) is 6.92 Å². The van der Waals surface area contributed by atoms with Crippen molar-refractivity contribution in [3.05, 3.63) is 47.7 Å². The molecule has 0 bridgehead atoms. The van der Waals surface area contributed by atoms with Crippen LogP contribution in [-0.2, 0) is 13.1 Å². The molecular weight excluding hydrogens is 266 g/mol. The van der Waals surface area contributed by atoms with E-state index in [1.165, 1.54) is 0 Å². The molecule has 6 nitrogen and oxygen atoms in total. The Morgan fingerprint density at radius 3 is 3.10 bits per heavy atom. The van der Waals surface area contributed by atoms with E-state index in [0.717, 1.165) is 28.8 Å². The van der Waals surface area contributed by atoms with Gasteiger partial charge in [0.25, 0.3) is 5.91 Å². The normalized spacial score (nSPS) is 14.4. The Bertz CT molecular complexity index is 832. The summed E-state index contributed by atoms with van der Waals surface area (Å²) >= 11 is 0. The fraction of sp³-hybridized carbons (Fsp3) is 0.267. The monoisotopic (exact) mass is 281 g/mol. The number of aromatic amines is 1. The number of aryl methyl sites for hydroxylation is 1. The first-order valence-electron chi connectivity index (χ1n) is 6.96. The number of nitrogens with zero attached hydrogens (tertiary/aromatic N) is 4. The average molecular weight is 281 g/mol. The summed E-state index contributed by atoms with van der Waals surface area (Å²) in [5.41, 5.74) is 2.80. The summed E-state index contributed by atoms with van der Waals surface area (Å²) in [6.45, 7) is 3.97. The lowest BCUT2D eigenvalue weighted by Crippen LogP contribution is -2.38. The Labute approximate surface area is 121 Å². The summed E-state index contributed by atoms with van der Waals surface area (Å²) in [4.78, 5) is 17.7. The minimum absolute atomic E-state index is 0.0138. The van der Waals surface area contributed by atoms with E-state index < -0.39 is 0 Å². The number of hydrogen-bond donors (Lipinski definition) is 1. The smallest absolute Gasteiger partial charge is 0.270 e. The molecule has 0 spiro atoms. The van der Waals surface area contributed by atoms with Crippen molar-refractivity contribution < 1.29 is 4.79 Å². The second-order valence-corrected chi connectivity index (χ2v) is 5.39. The SMILES string of the molecule is Cc1cccc2cc(C(=O)N3CCn4cnnc4C3)[nH]c12. The maximum absolute atomic E-state index is 12.6. The van der Waals surface area contributed by atoms with Gasteiger partial charge in [-0.05, 0) is 18.6 Å². The molecule has 2 aromatic heterocycles. The molecule has 1 aromatic carbocycles. The summed E-state index contributed by atoms with van der Waals surface area (Å²) in [6, 6.07) is 7.98. The Kier molecular flexibility index (Phi) is 2.57. The number of fused-ring (bicyclic) bond motifs is 2. The summed E-state index contributed by atoms with van der Waals surface area (Å²) < 4.78 is 1.99. The van der Waals surface area contributed by atoms with Crippen LogP contribution < -0.4 is 0 Å². The zero-order valence-corrected chi connectivity index (χ0v) is 11.7. The predicted molar refractivity (Wildman–Crippen MR) is 77.8 cm³/mol. The van der Waals surface area contributed by atoms with Crippen molar-refractivity contribution in [2.75, 3.05) is 6.54 Å². The van der Waals surface area contributed by atoms with Gasteiger partial charge in [0.15, 0.2) is 5.82 Å². The molecule has 1 amide bonds. The van der Waals surface area contributed by atoms with Gasteiger partial charge in [-0.1, -0.05) is 18.2 Å². The number of para-hydroxylation sites is 1. The molecule has 0 radical (unpaired) electrons. The van der Waals surface area contributed by atoms with Crippen LogP contribution in [-0.4, -0.2) is 37.1 Å². The highest BCUT2D eigenvalue weighted by Crippen LogP contribution is 2.21. The summed E-state index contributed by atoms with van der Waals surface area (Å²) in [5, 5.41) is 9.00. The van der Waals surface area contributed by atoms with Crippen LogP contribution in [0.4, 0.5) is 0 Å². The van der Waals surface area contributed by atoms with Crippen LogP contribution >= 0.6 is 0 Å². The van der Waals surface area contributed by atoms with Crippen LogP contribution in [0.5, 0.6) is 0 Å². The lowest BCUT2D eigenvalue weighted by molar-refractivity contribution is 0.0702.